The molecule has 0 aromatic heterocycles. The van der Waals surface area contributed by atoms with Crippen molar-refractivity contribution in [1.82, 2.24) is 4.90 Å². The van der Waals surface area contributed by atoms with E-state index in [-0.39, 0.29) is 5.41 Å². The first kappa shape index (κ1) is 14.0. The van der Waals surface area contributed by atoms with E-state index in [9.17, 15) is 5.11 Å². The average molecular weight is 257 g/mol. The number of nitrogens with zero attached hydrogens (tertiary/aromatic N) is 1. The van der Waals surface area contributed by atoms with Gasteiger partial charge in [0.2, 0.25) is 0 Å². The Hall–Kier alpha value is -1.46. The standard InChI is InChI=1S/C17H23NO/c1-3-11-18-12-6-5-10-17(4-2,14-18)15-8-7-9-16(19)13-15/h1,7-9,13,19H,4-6,10-12,14H2,2H3. The molecule has 1 aliphatic rings. The molecule has 2 heteroatoms. The first-order valence-corrected chi connectivity index (χ1v) is 7.15. The third-order valence-electron chi connectivity index (χ3n) is 4.36. The highest BCUT2D eigenvalue weighted by molar-refractivity contribution is 5.33. The zero-order chi connectivity index (χ0) is 13.7. The van der Waals surface area contributed by atoms with Crippen LogP contribution in [0.4, 0.5) is 0 Å². The van der Waals surface area contributed by atoms with Gasteiger partial charge < -0.3 is 5.11 Å². The Labute approximate surface area is 116 Å². The lowest BCUT2D eigenvalue weighted by Crippen LogP contribution is -2.39. The molecule has 1 atom stereocenters. The number of hydrogen-bond acceptors (Lipinski definition) is 2. The molecule has 1 aromatic rings. The molecule has 2 nitrogen and oxygen atoms in total. The Morgan fingerprint density at radius 1 is 1.42 bits per heavy atom. The van der Waals surface area contributed by atoms with E-state index in [1.807, 2.05) is 12.1 Å². The summed E-state index contributed by atoms with van der Waals surface area (Å²) in [5.74, 6) is 3.13. The molecule has 1 aromatic carbocycles. The Kier molecular flexibility index (Phi) is 4.50. The van der Waals surface area contributed by atoms with Crippen LogP contribution in [0.15, 0.2) is 24.3 Å². The number of hydrogen-bond donors (Lipinski definition) is 1. The van der Waals surface area contributed by atoms with E-state index in [0.29, 0.717) is 5.75 Å². The maximum atomic E-state index is 9.75. The van der Waals surface area contributed by atoms with Crippen molar-refractivity contribution in [3.8, 4) is 18.1 Å². The van der Waals surface area contributed by atoms with Crippen LogP contribution in [0.1, 0.15) is 38.2 Å². The molecule has 2 rings (SSSR count). The number of phenols is 1. The van der Waals surface area contributed by atoms with E-state index in [4.69, 9.17) is 6.42 Å². The van der Waals surface area contributed by atoms with Gasteiger partial charge in [-0.3, -0.25) is 4.90 Å². The van der Waals surface area contributed by atoms with Crippen LogP contribution < -0.4 is 0 Å². The van der Waals surface area contributed by atoms with Crippen molar-refractivity contribution in [2.45, 2.75) is 38.0 Å². The van der Waals surface area contributed by atoms with Gasteiger partial charge >= 0.3 is 0 Å². The van der Waals surface area contributed by atoms with Crippen LogP contribution in [0, 0.1) is 12.3 Å². The van der Waals surface area contributed by atoms with Gasteiger partial charge in [0.25, 0.3) is 0 Å². The second-order valence-electron chi connectivity index (χ2n) is 5.56. The number of rotatable bonds is 3. The van der Waals surface area contributed by atoms with Crippen molar-refractivity contribution >= 4 is 0 Å². The highest BCUT2D eigenvalue weighted by Crippen LogP contribution is 2.37. The monoisotopic (exact) mass is 257 g/mol. The van der Waals surface area contributed by atoms with E-state index < -0.39 is 0 Å². The third kappa shape index (κ3) is 3.11. The second-order valence-corrected chi connectivity index (χ2v) is 5.56. The van der Waals surface area contributed by atoms with Crippen LogP contribution in [0.25, 0.3) is 0 Å². The molecule has 19 heavy (non-hydrogen) atoms. The summed E-state index contributed by atoms with van der Waals surface area (Å²) in [5, 5.41) is 9.75. The smallest absolute Gasteiger partial charge is 0.115 e. The quantitative estimate of drug-likeness (QED) is 0.841. The molecule has 0 radical (unpaired) electrons. The van der Waals surface area contributed by atoms with Crippen LogP contribution in [0.2, 0.25) is 0 Å². The van der Waals surface area contributed by atoms with Crippen LogP contribution in [-0.2, 0) is 5.41 Å². The average Bonchev–Trinajstić information content (AvgIpc) is 2.62. The van der Waals surface area contributed by atoms with E-state index >= 15 is 0 Å². The van der Waals surface area contributed by atoms with E-state index in [0.717, 1.165) is 26.1 Å². The molecule has 1 unspecified atom stereocenters. The molecule has 0 bridgehead atoms. The van der Waals surface area contributed by atoms with Crippen molar-refractivity contribution in [3.05, 3.63) is 29.8 Å². The fourth-order valence-electron chi connectivity index (χ4n) is 3.21. The minimum absolute atomic E-state index is 0.131. The number of benzene rings is 1. The predicted octanol–water partition coefficient (Wildman–Crippen LogP) is 3.16. The first-order chi connectivity index (χ1) is 9.20. The maximum Gasteiger partial charge on any atom is 0.115 e. The minimum atomic E-state index is 0.131. The van der Waals surface area contributed by atoms with E-state index in [1.165, 1.54) is 24.8 Å². The lowest BCUT2D eigenvalue weighted by molar-refractivity contribution is 0.239. The van der Waals surface area contributed by atoms with Crippen molar-refractivity contribution in [3.63, 3.8) is 0 Å². The summed E-state index contributed by atoms with van der Waals surface area (Å²) in [6.45, 7) is 5.05. The van der Waals surface area contributed by atoms with Crippen LogP contribution in [0.3, 0.4) is 0 Å². The highest BCUT2D eigenvalue weighted by Gasteiger charge is 2.33. The molecule has 0 spiro atoms. The van der Waals surface area contributed by atoms with Crippen LogP contribution >= 0.6 is 0 Å². The zero-order valence-electron chi connectivity index (χ0n) is 11.7. The SMILES string of the molecule is C#CCN1CCCCC(CC)(c2cccc(O)c2)C1. The van der Waals surface area contributed by atoms with E-state index in [1.54, 1.807) is 6.07 Å². The Morgan fingerprint density at radius 3 is 2.95 bits per heavy atom. The number of likely N-dealkylation sites (tertiary alicyclic amines) is 1. The molecule has 1 fully saturated rings. The number of aromatic hydroxyl groups is 1. The lowest BCUT2D eigenvalue weighted by atomic mass is 9.74. The van der Waals surface area contributed by atoms with Gasteiger partial charge in [0.05, 0.1) is 6.54 Å². The largest absolute Gasteiger partial charge is 0.508 e. The Balaban J connectivity index is 2.31. The maximum absolute atomic E-state index is 9.75. The topological polar surface area (TPSA) is 23.5 Å². The molecule has 1 N–H and O–H groups in total. The molecular formula is C17H23NO. The predicted molar refractivity (Wildman–Crippen MR) is 79.2 cm³/mol. The Morgan fingerprint density at radius 2 is 2.26 bits per heavy atom. The highest BCUT2D eigenvalue weighted by atomic mass is 16.3. The molecule has 1 aliphatic heterocycles. The lowest BCUT2D eigenvalue weighted by Gasteiger charge is -2.35. The van der Waals surface area contributed by atoms with Gasteiger partial charge in [-0.2, -0.15) is 0 Å². The summed E-state index contributed by atoms with van der Waals surface area (Å²) >= 11 is 0. The van der Waals surface area contributed by atoms with Gasteiger partial charge in [0.15, 0.2) is 0 Å². The van der Waals surface area contributed by atoms with Gasteiger partial charge in [-0.1, -0.05) is 31.4 Å². The molecule has 1 saturated heterocycles. The molecule has 0 saturated carbocycles. The number of terminal acetylenes is 1. The van der Waals surface area contributed by atoms with Gasteiger partial charge in [-0.25, -0.2) is 0 Å². The summed E-state index contributed by atoms with van der Waals surface area (Å²) < 4.78 is 0. The van der Waals surface area contributed by atoms with Gasteiger partial charge in [0, 0.05) is 12.0 Å². The molecule has 102 valence electrons. The molecule has 0 aliphatic carbocycles. The van der Waals surface area contributed by atoms with Crippen molar-refractivity contribution < 1.29 is 5.11 Å². The van der Waals surface area contributed by atoms with Crippen LogP contribution in [-0.4, -0.2) is 29.6 Å². The normalized spacial score (nSPS) is 24.6. The third-order valence-corrected chi connectivity index (χ3v) is 4.36. The molecule has 1 heterocycles. The summed E-state index contributed by atoms with van der Waals surface area (Å²) in [4.78, 5) is 2.38. The summed E-state index contributed by atoms with van der Waals surface area (Å²) in [7, 11) is 0. The molecule has 0 amide bonds. The Bertz CT molecular complexity index is 463. The first-order valence-electron chi connectivity index (χ1n) is 7.15. The summed E-state index contributed by atoms with van der Waals surface area (Å²) in [5.41, 5.74) is 1.38. The van der Waals surface area contributed by atoms with Gasteiger partial charge in [-0.05, 0) is 43.5 Å². The van der Waals surface area contributed by atoms with Crippen molar-refractivity contribution in [2.24, 2.45) is 0 Å². The van der Waals surface area contributed by atoms with Gasteiger partial charge in [0.1, 0.15) is 5.75 Å². The van der Waals surface area contributed by atoms with Crippen molar-refractivity contribution in [1.29, 1.82) is 0 Å². The summed E-state index contributed by atoms with van der Waals surface area (Å²) in [6.07, 6.45) is 10.2. The van der Waals surface area contributed by atoms with Crippen molar-refractivity contribution in [2.75, 3.05) is 19.6 Å². The zero-order valence-corrected chi connectivity index (χ0v) is 11.7. The molecular weight excluding hydrogens is 234 g/mol. The fourth-order valence-corrected chi connectivity index (χ4v) is 3.21. The van der Waals surface area contributed by atoms with E-state index in [2.05, 4.69) is 23.8 Å². The fraction of sp³-hybridized carbons (Fsp3) is 0.529. The second kappa shape index (κ2) is 6.12. The minimum Gasteiger partial charge on any atom is -0.508 e. The van der Waals surface area contributed by atoms with Crippen LogP contribution in [0.5, 0.6) is 5.75 Å². The summed E-state index contributed by atoms with van der Waals surface area (Å²) in [6, 6.07) is 7.74. The number of phenolic OH excluding ortho intramolecular Hbond substituents is 1. The van der Waals surface area contributed by atoms with Gasteiger partial charge in [-0.15, -0.1) is 6.42 Å².